The van der Waals surface area contributed by atoms with Gasteiger partial charge >= 0.3 is 0 Å². The molecule has 3 aliphatic rings. The van der Waals surface area contributed by atoms with Gasteiger partial charge in [-0.05, 0) is 52.0 Å². The summed E-state index contributed by atoms with van der Waals surface area (Å²) in [5, 5.41) is 0. The first kappa shape index (κ1) is 29.0. The molecule has 3 fully saturated rings. The van der Waals surface area contributed by atoms with Crippen molar-refractivity contribution in [2.24, 2.45) is 11.8 Å². The molecule has 6 heteroatoms. The van der Waals surface area contributed by atoms with Gasteiger partial charge in [0.15, 0.2) is 0 Å². The van der Waals surface area contributed by atoms with E-state index >= 15 is 0 Å². The molecule has 2 atom stereocenters. The molecule has 1 saturated carbocycles. The summed E-state index contributed by atoms with van der Waals surface area (Å²) in [4.78, 5) is 26.0. The third-order valence-corrected chi connectivity index (χ3v) is 8.07. The fourth-order valence-electron chi connectivity index (χ4n) is 5.89. The average Bonchev–Trinajstić information content (AvgIpc) is 3.13. The molecule has 5 rings (SSSR count). The number of aromatic nitrogens is 2. The van der Waals surface area contributed by atoms with E-state index < -0.39 is 0 Å². The van der Waals surface area contributed by atoms with Gasteiger partial charge in [0.2, 0.25) is 5.95 Å². The van der Waals surface area contributed by atoms with Crippen LogP contribution >= 0.6 is 24.0 Å². The number of nitrogens with zero attached hydrogens (tertiary/aromatic N) is 4. The van der Waals surface area contributed by atoms with Crippen molar-refractivity contribution < 1.29 is 4.79 Å². The highest BCUT2D eigenvalue weighted by Crippen LogP contribution is 2.34. The summed E-state index contributed by atoms with van der Waals surface area (Å²) in [6.45, 7) is 13.0. The number of benzene rings is 1. The van der Waals surface area contributed by atoms with Crippen LogP contribution in [0.5, 0.6) is 0 Å². The van der Waals surface area contributed by atoms with E-state index in [2.05, 4.69) is 54.8 Å². The lowest BCUT2D eigenvalue weighted by atomic mass is 9.83. The highest BCUT2D eigenvalue weighted by molar-refractivity contribution is 14.0. The third kappa shape index (κ3) is 7.06. The van der Waals surface area contributed by atoms with Crippen LogP contribution in [-0.2, 0) is 4.79 Å². The van der Waals surface area contributed by atoms with Crippen molar-refractivity contribution in [3.8, 4) is 11.1 Å². The first-order chi connectivity index (χ1) is 16.8. The van der Waals surface area contributed by atoms with Gasteiger partial charge in [-0.15, -0.1) is 24.0 Å². The van der Waals surface area contributed by atoms with Crippen LogP contribution in [0, 0.1) is 18.8 Å². The summed E-state index contributed by atoms with van der Waals surface area (Å²) in [5.74, 6) is 2.05. The first-order valence-corrected chi connectivity index (χ1v) is 13.8. The van der Waals surface area contributed by atoms with Gasteiger partial charge in [-0.1, -0.05) is 62.9 Å². The SMILES string of the molecule is CC(C)C(=O)C1CCCCC1.Cc1ccc(-c2cnc(N3C4CCC3CN(C(C)C)C4)nc2)cc1.I. The molecule has 2 saturated heterocycles. The predicted molar refractivity (Wildman–Crippen MR) is 160 cm³/mol. The molecular formula is C30H45IN4O. The van der Waals surface area contributed by atoms with E-state index in [0.717, 1.165) is 37.4 Å². The Morgan fingerprint density at radius 1 is 0.833 bits per heavy atom. The third-order valence-electron chi connectivity index (χ3n) is 8.07. The lowest BCUT2D eigenvalue weighted by Gasteiger charge is -2.42. The topological polar surface area (TPSA) is 49.3 Å². The Labute approximate surface area is 235 Å². The Morgan fingerprint density at radius 2 is 1.39 bits per heavy atom. The Kier molecular flexibility index (Phi) is 10.7. The van der Waals surface area contributed by atoms with Crippen LogP contribution in [-0.4, -0.2) is 51.9 Å². The Bertz CT molecular complexity index is 940. The maximum Gasteiger partial charge on any atom is 0.225 e. The average molecular weight is 605 g/mol. The van der Waals surface area contributed by atoms with Crippen molar-refractivity contribution in [2.75, 3.05) is 18.0 Å². The molecule has 36 heavy (non-hydrogen) atoms. The number of likely N-dealkylation sites (tertiary alicyclic amines) is 1. The van der Waals surface area contributed by atoms with E-state index in [0.29, 0.717) is 29.8 Å². The molecule has 0 amide bonds. The summed E-state index contributed by atoms with van der Waals surface area (Å²) >= 11 is 0. The second kappa shape index (κ2) is 13.3. The molecule has 1 aromatic heterocycles. The smallest absolute Gasteiger partial charge is 0.225 e. The number of carbonyl (C=O) groups excluding carboxylic acids is 1. The lowest BCUT2D eigenvalue weighted by molar-refractivity contribution is -0.126. The maximum atomic E-state index is 11.5. The Balaban J connectivity index is 0.000000256. The van der Waals surface area contributed by atoms with Crippen molar-refractivity contribution in [1.82, 2.24) is 14.9 Å². The van der Waals surface area contributed by atoms with Gasteiger partial charge in [0.25, 0.3) is 0 Å². The lowest BCUT2D eigenvalue weighted by Crippen LogP contribution is -2.56. The van der Waals surface area contributed by atoms with Gasteiger partial charge in [0, 0.05) is 61.0 Å². The normalized spacial score (nSPS) is 22.2. The van der Waals surface area contributed by atoms with E-state index in [1.165, 1.54) is 43.2 Å². The van der Waals surface area contributed by atoms with Crippen LogP contribution in [0.2, 0.25) is 0 Å². The number of aryl methyl sites for hydroxylation is 1. The van der Waals surface area contributed by atoms with Crippen LogP contribution in [0.1, 0.15) is 78.2 Å². The molecular weight excluding hydrogens is 559 g/mol. The molecule has 2 bridgehead atoms. The van der Waals surface area contributed by atoms with Gasteiger partial charge in [-0.2, -0.15) is 0 Å². The monoisotopic (exact) mass is 604 g/mol. The van der Waals surface area contributed by atoms with Crippen LogP contribution in [0.3, 0.4) is 0 Å². The summed E-state index contributed by atoms with van der Waals surface area (Å²) in [7, 11) is 0. The number of Topliss-reactive ketones (excluding diaryl/α,β-unsaturated/α-hetero) is 1. The van der Waals surface area contributed by atoms with Crippen LogP contribution in [0.25, 0.3) is 11.1 Å². The van der Waals surface area contributed by atoms with Gasteiger partial charge in [-0.3, -0.25) is 9.69 Å². The van der Waals surface area contributed by atoms with Crippen molar-refractivity contribution in [3.05, 3.63) is 42.2 Å². The van der Waals surface area contributed by atoms with E-state index in [1.54, 1.807) is 0 Å². The molecule has 5 nitrogen and oxygen atoms in total. The first-order valence-electron chi connectivity index (χ1n) is 13.8. The number of hydrogen-bond donors (Lipinski definition) is 0. The van der Waals surface area contributed by atoms with E-state index in [4.69, 9.17) is 9.97 Å². The number of piperazine rings is 1. The van der Waals surface area contributed by atoms with Gasteiger partial charge in [0.1, 0.15) is 5.78 Å². The van der Waals surface area contributed by atoms with Crippen LogP contribution in [0.15, 0.2) is 36.7 Å². The van der Waals surface area contributed by atoms with Crippen molar-refractivity contribution >= 4 is 35.7 Å². The quantitative estimate of drug-likeness (QED) is 0.347. The van der Waals surface area contributed by atoms with Crippen molar-refractivity contribution in [1.29, 1.82) is 0 Å². The zero-order chi connectivity index (χ0) is 24.9. The molecule has 0 N–H and O–H groups in total. The minimum atomic E-state index is 0. The molecule has 0 spiro atoms. The minimum absolute atomic E-state index is 0. The Hall–Kier alpha value is -1.54. The summed E-state index contributed by atoms with van der Waals surface area (Å²) in [6, 6.07) is 10.3. The second-order valence-corrected chi connectivity index (χ2v) is 11.4. The largest absolute Gasteiger partial charge is 0.332 e. The van der Waals surface area contributed by atoms with Gasteiger partial charge in [-0.25, -0.2) is 9.97 Å². The molecule has 0 radical (unpaired) electrons. The number of fused-ring (bicyclic) bond motifs is 2. The number of ketones is 1. The second-order valence-electron chi connectivity index (χ2n) is 11.4. The Morgan fingerprint density at radius 3 is 1.89 bits per heavy atom. The molecule has 1 aromatic carbocycles. The zero-order valence-corrected chi connectivity index (χ0v) is 25.2. The standard InChI is InChI=1S/C20H26N4.C10H18O.HI/c1-14(2)23-12-18-8-9-19(13-23)24(18)20-21-10-17(11-22-20)16-6-4-15(3)5-7-16;1-8(2)10(11)9-6-4-3-5-7-9;/h4-7,10-11,14,18-19H,8-9,12-13H2,1-3H3;8-9H,3-7H2,1-2H3;1H. The van der Waals surface area contributed by atoms with Crippen molar-refractivity contribution in [3.63, 3.8) is 0 Å². The molecule has 1 aliphatic carbocycles. The summed E-state index contributed by atoms with van der Waals surface area (Å²) in [5.41, 5.74) is 3.54. The number of halogens is 1. The van der Waals surface area contributed by atoms with E-state index in [9.17, 15) is 4.79 Å². The number of rotatable bonds is 5. The minimum Gasteiger partial charge on any atom is -0.332 e. The molecule has 2 aliphatic heterocycles. The molecule has 2 unspecified atom stereocenters. The highest BCUT2D eigenvalue weighted by atomic mass is 127. The molecule has 2 aromatic rings. The number of carbonyl (C=O) groups is 1. The fraction of sp³-hybridized carbons (Fsp3) is 0.633. The molecule has 198 valence electrons. The highest BCUT2D eigenvalue weighted by Gasteiger charge is 2.41. The predicted octanol–water partition coefficient (Wildman–Crippen LogP) is 6.92. The van der Waals surface area contributed by atoms with Gasteiger partial charge < -0.3 is 4.90 Å². The number of anilines is 1. The number of hydrogen-bond acceptors (Lipinski definition) is 5. The van der Waals surface area contributed by atoms with Crippen LogP contribution in [0.4, 0.5) is 5.95 Å². The summed E-state index contributed by atoms with van der Waals surface area (Å²) < 4.78 is 0. The maximum absolute atomic E-state index is 11.5. The summed E-state index contributed by atoms with van der Waals surface area (Å²) in [6.07, 6.45) is 12.6. The van der Waals surface area contributed by atoms with E-state index in [-0.39, 0.29) is 29.9 Å². The fourth-order valence-corrected chi connectivity index (χ4v) is 5.89. The molecule has 3 heterocycles. The zero-order valence-electron chi connectivity index (χ0n) is 22.8. The van der Waals surface area contributed by atoms with Crippen molar-refractivity contribution in [2.45, 2.75) is 97.7 Å². The van der Waals surface area contributed by atoms with Crippen LogP contribution < -0.4 is 4.90 Å². The van der Waals surface area contributed by atoms with E-state index in [1.807, 2.05) is 26.2 Å². The van der Waals surface area contributed by atoms with Gasteiger partial charge in [0.05, 0.1) is 0 Å².